The Hall–Kier alpha value is -2.01. The van der Waals surface area contributed by atoms with Crippen molar-refractivity contribution in [1.82, 2.24) is 0 Å². The van der Waals surface area contributed by atoms with Crippen LogP contribution in [0.3, 0.4) is 0 Å². The number of amides is 1. The van der Waals surface area contributed by atoms with E-state index in [-0.39, 0.29) is 12.0 Å². The molecule has 2 heterocycles. The van der Waals surface area contributed by atoms with E-state index in [1.165, 1.54) is 11.3 Å². The van der Waals surface area contributed by atoms with Crippen molar-refractivity contribution in [2.75, 3.05) is 11.9 Å². The number of hydrogen-bond acceptors (Lipinski definition) is 4. The van der Waals surface area contributed by atoms with E-state index in [1.807, 2.05) is 36.7 Å². The van der Waals surface area contributed by atoms with Crippen molar-refractivity contribution in [2.45, 2.75) is 26.4 Å². The summed E-state index contributed by atoms with van der Waals surface area (Å²) in [6.45, 7) is 4.51. The van der Waals surface area contributed by atoms with Crippen LogP contribution in [0.25, 0.3) is 0 Å². The van der Waals surface area contributed by atoms with Crippen molar-refractivity contribution in [3.05, 3.63) is 40.1 Å². The zero-order chi connectivity index (χ0) is 14.8. The van der Waals surface area contributed by atoms with Gasteiger partial charge in [0, 0.05) is 23.4 Å². The zero-order valence-electron chi connectivity index (χ0n) is 12.0. The fourth-order valence-corrected chi connectivity index (χ4v) is 3.04. The Labute approximate surface area is 127 Å². The molecule has 0 aliphatic carbocycles. The van der Waals surface area contributed by atoms with Gasteiger partial charge >= 0.3 is 0 Å². The van der Waals surface area contributed by atoms with Gasteiger partial charge in [-0.05, 0) is 31.4 Å². The SMILES string of the molecule is CCOc1cc2c(cc1NC(=O)c1ccsc1)OC(C)C2. The lowest BCUT2D eigenvalue weighted by molar-refractivity contribution is 0.102. The molecule has 0 radical (unpaired) electrons. The Kier molecular flexibility index (Phi) is 3.84. The van der Waals surface area contributed by atoms with Gasteiger partial charge in [0.1, 0.15) is 17.6 Å². The van der Waals surface area contributed by atoms with Crippen LogP contribution in [0.15, 0.2) is 29.0 Å². The molecule has 21 heavy (non-hydrogen) atoms. The molecule has 1 aliphatic heterocycles. The van der Waals surface area contributed by atoms with E-state index >= 15 is 0 Å². The molecule has 3 rings (SSSR count). The van der Waals surface area contributed by atoms with Crippen LogP contribution in [-0.2, 0) is 6.42 Å². The topological polar surface area (TPSA) is 47.6 Å². The molecular formula is C16H17NO3S. The van der Waals surface area contributed by atoms with Crippen molar-refractivity contribution in [1.29, 1.82) is 0 Å². The van der Waals surface area contributed by atoms with E-state index in [4.69, 9.17) is 9.47 Å². The maximum atomic E-state index is 12.2. The van der Waals surface area contributed by atoms with E-state index < -0.39 is 0 Å². The second-order valence-electron chi connectivity index (χ2n) is 4.99. The predicted octanol–water partition coefficient (Wildman–Crippen LogP) is 3.72. The third-order valence-electron chi connectivity index (χ3n) is 3.33. The molecule has 1 atom stereocenters. The van der Waals surface area contributed by atoms with Gasteiger partial charge in [0.05, 0.1) is 17.9 Å². The number of hydrogen-bond donors (Lipinski definition) is 1. The fourth-order valence-electron chi connectivity index (χ4n) is 2.40. The van der Waals surface area contributed by atoms with E-state index in [1.54, 1.807) is 6.07 Å². The van der Waals surface area contributed by atoms with Gasteiger partial charge in [0.2, 0.25) is 0 Å². The maximum absolute atomic E-state index is 12.2. The summed E-state index contributed by atoms with van der Waals surface area (Å²) in [5, 5.41) is 6.61. The molecule has 2 aromatic rings. The van der Waals surface area contributed by atoms with Gasteiger partial charge in [-0.2, -0.15) is 11.3 Å². The maximum Gasteiger partial charge on any atom is 0.256 e. The Balaban J connectivity index is 1.90. The first kappa shape index (κ1) is 13.9. The minimum atomic E-state index is -0.136. The first-order chi connectivity index (χ1) is 10.2. The van der Waals surface area contributed by atoms with E-state index in [9.17, 15) is 4.79 Å². The highest BCUT2D eigenvalue weighted by Gasteiger charge is 2.22. The third-order valence-corrected chi connectivity index (χ3v) is 4.01. The van der Waals surface area contributed by atoms with Crippen molar-refractivity contribution in [3.8, 4) is 11.5 Å². The molecule has 0 fully saturated rings. The summed E-state index contributed by atoms with van der Waals surface area (Å²) in [5.74, 6) is 1.38. The molecule has 1 aromatic carbocycles. The third kappa shape index (κ3) is 2.88. The highest BCUT2D eigenvalue weighted by molar-refractivity contribution is 7.08. The number of carbonyl (C=O) groups excluding carboxylic acids is 1. The largest absolute Gasteiger partial charge is 0.492 e. The molecule has 0 spiro atoms. The lowest BCUT2D eigenvalue weighted by Gasteiger charge is -2.13. The van der Waals surface area contributed by atoms with E-state index in [2.05, 4.69) is 5.32 Å². The van der Waals surface area contributed by atoms with Crippen molar-refractivity contribution in [3.63, 3.8) is 0 Å². The predicted molar refractivity (Wildman–Crippen MR) is 83.7 cm³/mol. The summed E-state index contributed by atoms with van der Waals surface area (Å²) in [4.78, 5) is 12.2. The van der Waals surface area contributed by atoms with Crippen LogP contribution < -0.4 is 14.8 Å². The van der Waals surface area contributed by atoms with Gasteiger partial charge in [-0.3, -0.25) is 4.79 Å². The number of anilines is 1. The minimum absolute atomic E-state index is 0.136. The van der Waals surface area contributed by atoms with Crippen LogP contribution in [0, 0.1) is 0 Å². The highest BCUT2D eigenvalue weighted by Crippen LogP contribution is 2.38. The average molecular weight is 303 g/mol. The van der Waals surface area contributed by atoms with Crippen LogP contribution in [0.5, 0.6) is 11.5 Å². The smallest absolute Gasteiger partial charge is 0.256 e. The normalized spacial score (nSPS) is 16.2. The number of thiophene rings is 1. The Bertz CT molecular complexity index is 652. The Morgan fingerprint density at radius 2 is 2.38 bits per heavy atom. The average Bonchev–Trinajstić information content (AvgIpc) is 3.07. The number of carbonyl (C=O) groups is 1. The molecule has 5 heteroatoms. The standard InChI is InChI=1S/C16H17NO3S/c1-3-19-15-7-12-6-10(2)20-14(12)8-13(15)17-16(18)11-4-5-21-9-11/h4-5,7-10H,3,6H2,1-2H3,(H,17,18). The van der Waals surface area contributed by atoms with Crippen molar-refractivity contribution >= 4 is 22.9 Å². The van der Waals surface area contributed by atoms with Crippen LogP contribution in [0.1, 0.15) is 29.8 Å². The van der Waals surface area contributed by atoms with Gasteiger partial charge < -0.3 is 14.8 Å². The number of fused-ring (bicyclic) bond motifs is 1. The summed E-state index contributed by atoms with van der Waals surface area (Å²) >= 11 is 1.50. The molecule has 0 bridgehead atoms. The number of benzene rings is 1. The first-order valence-electron chi connectivity index (χ1n) is 6.97. The van der Waals surface area contributed by atoms with Gasteiger partial charge in [-0.25, -0.2) is 0 Å². The lowest BCUT2D eigenvalue weighted by Crippen LogP contribution is -2.12. The van der Waals surface area contributed by atoms with Gasteiger partial charge in [0.25, 0.3) is 5.91 Å². The summed E-state index contributed by atoms with van der Waals surface area (Å²) in [6, 6.07) is 5.62. The molecule has 0 saturated carbocycles. The van der Waals surface area contributed by atoms with E-state index in [0.29, 0.717) is 23.6 Å². The molecule has 110 valence electrons. The van der Waals surface area contributed by atoms with Crippen molar-refractivity contribution in [2.24, 2.45) is 0 Å². The van der Waals surface area contributed by atoms with E-state index in [0.717, 1.165) is 17.7 Å². The van der Waals surface area contributed by atoms with Gasteiger partial charge in [-0.1, -0.05) is 0 Å². The molecule has 1 aromatic heterocycles. The lowest BCUT2D eigenvalue weighted by atomic mass is 10.1. The molecular weight excluding hydrogens is 286 g/mol. The second-order valence-corrected chi connectivity index (χ2v) is 5.77. The van der Waals surface area contributed by atoms with Crippen LogP contribution in [-0.4, -0.2) is 18.6 Å². The molecule has 1 N–H and O–H groups in total. The molecule has 4 nitrogen and oxygen atoms in total. The number of ether oxygens (including phenoxy) is 2. The highest BCUT2D eigenvalue weighted by atomic mass is 32.1. The monoisotopic (exact) mass is 303 g/mol. The summed E-state index contributed by atoms with van der Waals surface area (Å²) in [5.41, 5.74) is 2.43. The molecule has 0 saturated heterocycles. The van der Waals surface area contributed by atoms with Crippen molar-refractivity contribution < 1.29 is 14.3 Å². The Morgan fingerprint density at radius 1 is 1.52 bits per heavy atom. The fraction of sp³-hybridized carbons (Fsp3) is 0.312. The minimum Gasteiger partial charge on any atom is -0.492 e. The number of nitrogens with one attached hydrogen (secondary N) is 1. The molecule has 1 amide bonds. The molecule has 1 aliphatic rings. The first-order valence-corrected chi connectivity index (χ1v) is 7.91. The van der Waals surface area contributed by atoms with Gasteiger partial charge in [0.15, 0.2) is 0 Å². The summed E-state index contributed by atoms with van der Waals surface area (Å²) in [6.07, 6.45) is 1.03. The van der Waals surface area contributed by atoms with Crippen LogP contribution in [0.4, 0.5) is 5.69 Å². The van der Waals surface area contributed by atoms with Crippen LogP contribution >= 0.6 is 11.3 Å². The summed E-state index contributed by atoms with van der Waals surface area (Å²) in [7, 11) is 0. The quantitative estimate of drug-likeness (QED) is 0.936. The zero-order valence-corrected chi connectivity index (χ0v) is 12.8. The number of rotatable bonds is 4. The van der Waals surface area contributed by atoms with Gasteiger partial charge in [-0.15, -0.1) is 0 Å². The Morgan fingerprint density at radius 3 is 3.10 bits per heavy atom. The molecule has 1 unspecified atom stereocenters. The second kappa shape index (κ2) is 5.77. The van der Waals surface area contributed by atoms with Crippen LogP contribution in [0.2, 0.25) is 0 Å². The summed E-state index contributed by atoms with van der Waals surface area (Å²) < 4.78 is 11.4.